The Bertz CT molecular complexity index is 265. The molecule has 0 aromatic heterocycles. The first-order chi connectivity index (χ1) is 6.84. The summed E-state index contributed by atoms with van der Waals surface area (Å²) in [5.41, 5.74) is 1.19. The molecule has 0 spiro atoms. The normalized spacial score (nSPS) is 27.2. The van der Waals surface area contributed by atoms with E-state index < -0.39 is 0 Å². The molecule has 0 unspecified atom stereocenters. The summed E-state index contributed by atoms with van der Waals surface area (Å²) in [6.45, 7) is 0. The fourth-order valence-corrected chi connectivity index (χ4v) is 1.99. The Balaban J connectivity index is 1.87. The lowest BCUT2D eigenvalue weighted by Gasteiger charge is -2.26. The van der Waals surface area contributed by atoms with Gasteiger partial charge in [-0.25, -0.2) is 0 Å². The van der Waals surface area contributed by atoms with Crippen LogP contribution in [0.25, 0.3) is 0 Å². The van der Waals surface area contributed by atoms with Crippen molar-refractivity contribution in [2.45, 2.75) is 37.8 Å². The molecule has 1 aliphatic carbocycles. The topological polar surface area (TPSA) is 32.3 Å². The molecule has 0 saturated heterocycles. The number of hydrogen-bond donors (Lipinski definition) is 2. The summed E-state index contributed by atoms with van der Waals surface area (Å²) in [7, 11) is 0. The largest absolute Gasteiger partial charge is 0.393 e. The smallest absolute Gasteiger partial charge is 0.0541 e. The number of aliphatic hydroxyl groups is 1. The van der Waals surface area contributed by atoms with E-state index in [2.05, 4.69) is 17.4 Å². The molecule has 0 amide bonds. The zero-order chi connectivity index (χ0) is 9.80. The van der Waals surface area contributed by atoms with Crippen molar-refractivity contribution in [1.82, 2.24) is 0 Å². The standard InChI is InChI=1S/C12H17NO/c14-12-8-6-11(7-9-12)13-10-4-2-1-3-5-10/h1-5,11-14H,6-9H2/t11-,12-. The lowest BCUT2D eigenvalue weighted by Crippen LogP contribution is -2.28. The molecule has 2 heteroatoms. The fourth-order valence-electron chi connectivity index (χ4n) is 1.99. The van der Waals surface area contributed by atoms with Crippen LogP contribution in [0.15, 0.2) is 30.3 Å². The van der Waals surface area contributed by atoms with Crippen LogP contribution >= 0.6 is 0 Å². The molecule has 1 aromatic carbocycles. The summed E-state index contributed by atoms with van der Waals surface area (Å²) < 4.78 is 0. The van der Waals surface area contributed by atoms with Gasteiger partial charge in [0, 0.05) is 11.7 Å². The Morgan fingerprint density at radius 3 is 2.29 bits per heavy atom. The molecule has 1 aromatic rings. The minimum absolute atomic E-state index is 0.0659. The van der Waals surface area contributed by atoms with Crippen molar-refractivity contribution in [2.75, 3.05) is 5.32 Å². The Morgan fingerprint density at radius 1 is 1.00 bits per heavy atom. The number of para-hydroxylation sites is 1. The predicted molar refractivity (Wildman–Crippen MR) is 58.3 cm³/mol. The summed E-state index contributed by atoms with van der Waals surface area (Å²) in [6.07, 6.45) is 3.96. The molecule has 0 bridgehead atoms. The summed E-state index contributed by atoms with van der Waals surface area (Å²) in [6, 6.07) is 10.8. The molecule has 1 aliphatic rings. The first kappa shape index (κ1) is 9.53. The van der Waals surface area contributed by atoms with Gasteiger partial charge in [-0.2, -0.15) is 0 Å². The molecule has 0 radical (unpaired) electrons. The predicted octanol–water partition coefficient (Wildman–Crippen LogP) is 2.40. The van der Waals surface area contributed by atoms with Crippen LogP contribution in [-0.4, -0.2) is 17.3 Å². The number of anilines is 1. The van der Waals surface area contributed by atoms with Crippen molar-refractivity contribution in [3.8, 4) is 0 Å². The second kappa shape index (κ2) is 4.47. The van der Waals surface area contributed by atoms with Crippen molar-refractivity contribution in [2.24, 2.45) is 0 Å². The van der Waals surface area contributed by atoms with Crippen molar-refractivity contribution in [1.29, 1.82) is 0 Å². The maximum atomic E-state index is 9.37. The maximum absolute atomic E-state index is 9.37. The van der Waals surface area contributed by atoms with Crippen LogP contribution in [0, 0.1) is 0 Å². The number of benzene rings is 1. The summed E-state index contributed by atoms with van der Waals surface area (Å²) in [5, 5.41) is 12.9. The maximum Gasteiger partial charge on any atom is 0.0541 e. The molecule has 0 heterocycles. The van der Waals surface area contributed by atoms with E-state index >= 15 is 0 Å². The Labute approximate surface area is 85.0 Å². The van der Waals surface area contributed by atoms with Gasteiger partial charge in [0.1, 0.15) is 0 Å². The Hall–Kier alpha value is -1.02. The lowest BCUT2D eigenvalue weighted by molar-refractivity contribution is 0.126. The van der Waals surface area contributed by atoms with Crippen molar-refractivity contribution < 1.29 is 5.11 Å². The average Bonchev–Trinajstić information content (AvgIpc) is 2.23. The quantitative estimate of drug-likeness (QED) is 0.752. The van der Waals surface area contributed by atoms with E-state index in [9.17, 15) is 5.11 Å². The third kappa shape index (κ3) is 2.48. The molecular weight excluding hydrogens is 174 g/mol. The van der Waals surface area contributed by atoms with Crippen LogP contribution in [0.3, 0.4) is 0 Å². The van der Waals surface area contributed by atoms with E-state index in [1.54, 1.807) is 0 Å². The van der Waals surface area contributed by atoms with E-state index in [0.29, 0.717) is 6.04 Å². The van der Waals surface area contributed by atoms with Gasteiger partial charge in [-0.05, 0) is 37.8 Å². The van der Waals surface area contributed by atoms with Crippen LogP contribution in [0.4, 0.5) is 5.69 Å². The van der Waals surface area contributed by atoms with Crippen molar-refractivity contribution in [3.63, 3.8) is 0 Å². The summed E-state index contributed by atoms with van der Waals surface area (Å²) >= 11 is 0. The molecule has 1 fully saturated rings. The molecule has 0 aliphatic heterocycles. The van der Waals surface area contributed by atoms with Gasteiger partial charge in [-0.3, -0.25) is 0 Å². The molecule has 0 atom stereocenters. The minimum Gasteiger partial charge on any atom is -0.393 e. The second-order valence-electron chi connectivity index (χ2n) is 4.02. The van der Waals surface area contributed by atoms with Gasteiger partial charge in [0.15, 0.2) is 0 Å². The molecule has 2 rings (SSSR count). The van der Waals surface area contributed by atoms with Crippen LogP contribution in [0.5, 0.6) is 0 Å². The van der Waals surface area contributed by atoms with Crippen LogP contribution in [0.2, 0.25) is 0 Å². The zero-order valence-electron chi connectivity index (χ0n) is 8.32. The van der Waals surface area contributed by atoms with Gasteiger partial charge in [0.25, 0.3) is 0 Å². The Kier molecular flexibility index (Phi) is 3.04. The van der Waals surface area contributed by atoms with Crippen molar-refractivity contribution >= 4 is 5.69 Å². The van der Waals surface area contributed by atoms with Gasteiger partial charge in [0.05, 0.1) is 6.10 Å². The molecule has 2 N–H and O–H groups in total. The fraction of sp³-hybridized carbons (Fsp3) is 0.500. The van der Waals surface area contributed by atoms with Gasteiger partial charge >= 0.3 is 0 Å². The van der Waals surface area contributed by atoms with Crippen LogP contribution in [-0.2, 0) is 0 Å². The van der Waals surface area contributed by atoms with Crippen LogP contribution < -0.4 is 5.32 Å². The van der Waals surface area contributed by atoms with E-state index in [4.69, 9.17) is 0 Å². The highest BCUT2D eigenvalue weighted by atomic mass is 16.3. The third-order valence-electron chi connectivity index (χ3n) is 2.84. The zero-order valence-corrected chi connectivity index (χ0v) is 8.32. The molecular formula is C12H17NO. The van der Waals surface area contributed by atoms with Gasteiger partial charge in [0.2, 0.25) is 0 Å². The summed E-state index contributed by atoms with van der Waals surface area (Å²) in [5.74, 6) is 0. The minimum atomic E-state index is -0.0659. The molecule has 1 saturated carbocycles. The first-order valence-corrected chi connectivity index (χ1v) is 5.34. The first-order valence-electron chi connectivity index (χ1n) is 5.34. The van der Waals surface area contributed by atoms with E-state index in [1.807, 2.05) is 18.2 Å². The Morgan fingerprint density at radius 2 is 1.64 bits per heavy atom. The highest BCUT2D eigenvalue weighted by molar-refractivity contribution is 5.43. The van der Waals surface area contributed by atoms with Gasteiger partial charge in [-0.1, -0.05) is 18.2 Å². The van der Waals surface area contributed by atoms with Crippen molar-refractivity contribution in [3.05, 3.63) is 30.3 Å². The number of nitrogens with one attached hydrogen (secondary N) is 1. The highest BCUT2D eigenvalue weighted by Gasteiger charge is 2.18. The van der Waals surface area contributed by atoms with Crippen LogP contribution in [0.1, 0.15) is 25.7 Å². The van der Waals surface area contributed by atoms with E-state index in [0.717, 1.165) is 25.7 Å². The molecule has 14 heavy (non-hydrogen) atoms. The van der Waals surface area contributed by atoms with E-state index in [-0.39, 0.29) is 6.10 Å². The van der Waals surface area contributed by atoms with Gasteiger partial charge in [-0.15, -0.1) is 0 Å². The second-order valence-corrected chi connectivity index (χ2v) is 4.02. The lowest BCUT2D eigenvalue weighted by atomic mass is 9.93. The highest BCUT2D eigenvalue weighted by Crippen LogP contribution is 2.21. The van der Waals surface area contributed by atoms with E-state index in [1.165, 1.54) is 5.69 Å². The number of hydrogen-bond acceptors (Lipinski definition) is 2. The monoisotopic (exact) mass is 191 g/mol. The SMILES string of the molecule is O[C@H]1CC[C@H](Nc2ccccc2)CC1. The van der Waals surface area contributed by atoms with Gasteiger partial charge < -0.3 is 10.4 Å². The number of aliphatic hydroxyl groups excluding tert-OH is 1. The summed E-state index contributed by atoms with van der Waals surface area (Å²) in [4.78, 5) is 0. The molecule has 76 valence electrons. The number of rotatable bonds is 2. The third-order valence-corrected chi connectivity index (χ3v) is 2.84. The average molecular weight is 191 g/mol. The molecule has 2 nitrogen and oxygen atoms in total.